The van der Waals surface area contributed by atoms with Gasteiger partial charge in [-0.25, -0.2) is 9.97 Å². The van der Waals surface area contributed by atoms with Gasteiger partial charge in [0.05, 0.1) is 18.9 Å². The van der Waals surface area contributed by atoms with Gasteiger partial charge in [-0.2, -0.15) is 0 Å². The number of nitrogens with zero attached hydrogens (tertiary/aromatic N) is 4. The van der Waals surface area contributed by atoms with Gasteiger partial charge in [-0.15, -0.1) is 0 Å². The van der Waals surface area contributed by atoms with Crippen LogP contribution in [0.3, 0.4) is 0 Å². The first-order valence-electron chi connectivity index (χ1n) is 9.76. The van der Waals surface area contributed by atoms with E-state index in [0.717, 1.165) is 53.6 Å². The third-order valence-corrected chi connectivity index (χ3v) is 5.35. The van der Waals surface area contributed by atoms with Crippen LogP contribution in [0, 0.1) is 13.8 Å². The SMILES string of the molecule is Cc1cccc(C)c1OCC(=O)N1CCN(c2ncc3c(n2)CCOC3)CC1. The molecule has 148 valence electrons. The van der Waals surface area contributed by atoms with Crippen molar-refractivity contribution in [2.24, 2.45) is 0 Å². The van der Waals surface area contributed by atoms with Crippen LogP contribution in [-0.4, -0.2) is 60.2 Å². The summed E-state index contributed by atoms with van der Waals surface area (Å²) in [5.74, 6) is 1.58. The van der Waals surface area contributed by atoms with E-state index in [-0.39, 0.29) is 12.5 Å². The average molecular weight is 382 g/mol. The zero-order valence-corrected chi connectivity index (χ0v) is 16.5. The molecule has 0 saturated carbocycles. The van der Waals surface area contributed by atoms with Gasteiger partial charge in [0.25, 0.3) is 5.91 Å². The Balaban J connectivity index is 1.32. The lowest BCUT2D eigenvalue weighted by atomic mass is 10.1. The van der Waals surface area contributed by atoms with E-state index in [2.05, 4.69) is 9.88 Å². The Morgan fingerprint density at radius 1 is 1.18 bits per heavy atom. The Kier molecular flexibility index (Phi) is 5.43. The van der Waals surface area contributed by atoms with Crippen LogP contribution in [-0.2, 0) is 22.6 Å². The highest BCUT2D eigenvalue weighted by atomic mass is 16.5. The van der Waals surface area contributed by atoms with Crippen LogP contribution in [0.2, 0.25) is 0 Å². The summed E-state index contributed by atoms with van der Waals surface area (Å²) in [6.07, 6.45) is 2.70. The van der Waals surface area contributed by atoms with E-state index in [1.807, 2.05) is 43.1 Å². The number of aryl methyl sites for hydroxylation is 2. The predicted octanol–water partition coefficient (Wildman–Crippen LogP) is 1.89. The molecule has 1 saturated heterocycles. The van der Waals surface area contributed by atoms with E-state index in [0.29, 0.717) is 26.3 Å². The third-order valence-electron chi connectivity index (χ3n) is 5.35. The molecule has 7 heteroatoms. The number of hydrogen-bond acceptors (Lipinski definition) is 6. The molecular formula is C21H26N4O3. The number of amides is 1. The molecule has 2 aromatic rings. The van der Waals surface area contributed by atoms with Gasteiger partial charge in [0.1, 0.15) is 5.75 Å². The normalized spacial score (nSPS) is 16.6. The number of piperazine rings is 1. The zero-order valence-electron chi connectivity index (χ0n) is 16.5. The van der Waals surface area contributed by atoms with Crippen LogP contribution in [0.15, 0.2) is 24.4 Å². The number of benzene rings is 1. The van der Waals surface area contributed by atoms with Crippen molar-refractivity contribution in [3.8, 4) is 5.75 Å². The van der Waals surface area contributed by atoms with E-state index in [9.17, 15) is 4.79 Å². The van der Waals surface area contributed by atoms with Crippen molar-refractivity contribution in [2.75, 3.05) is 44.3 Å². The molecule has 3 heterocycles. The molecule has 0 spiro atoms. The fourth-order valence-corrected chi connectivity index (χ4v) is 3.68. The van der Waals surface area contributed by atoms with E-state index in [4.69, 9.17) is 14.5 Å². The maximum Gasteiger partial charge on any atom is 0.260 e. The van der Waals surface area contributed by atoms with Gasteiger partial charge >= 0.3 is 0 Å². The first-order chi connectivity index (χ1) is 13.6. The molecule has 0 atom stereocenters. The van der Waals surface area contributed by atoms with Gasteiger partial charge in [-0.05, 0) is 25.0 Å². The monoisotopic (exact) mass is 382 g/mol. The molecule has 7 nitrogen and oxygen atoms in total. The maximum atomic E-state index is 12.6. The minimum atomic E-state index is 0.0193. The Bertz CT molecular complexity index is 842. The Hall–Kier alpha value is -2.67. The molecular weight excluding hydrogens is 356 g/mol. The molecule has 2 aliphatic heterocycles. The summed E-state index contributed by atoms with van der Waals surface area (Å²) in [5, 5.41) is 0. The summed E-state index contributed by atoms with van der Waals surface area (Å²) in [4.78, 5) is 25.8. The molecule has 2 aliphatic rings. The smallest absolute Gasteiger partial charge is 0.260 e. The molecule has 1 aromatic heterocycles. The van der Waals surface area contributed by atoms with Crippen LogP contribution in [0.1, 0.15) is 22.4 Å². The minimum Gasteiger partial charge on any atom is -0.483 e. The van der Waals surface area contributed by atoms with E-state index < -0.39 is 0 Å². The molecule has 0 aliphatic carbocycles. The molecule has 0 radical (unpaired) electrons. The minimum absolute atomic E-state index is 0.0193. The van der Waals surface area contributed by atoms with Gasteiger partial charge in [-0.3, -0.25) is 4.79 Å². The van der Waals surface area contributed by atoms with Crippen molar-refractivity contribution in [1.82, 2.24) is 14.9 Å². The van der Waals surface area contributed by atoms with E-state index >= 15 is 0 Å². The number of ether oxygens (including phenoxy) is 2. The lowest BCUT2D eigenvalue weighted by Gasteiger charge is -2.35. The van der Waals surface area contributed by atoms with Gasteiger partial charge in [0.15, 0.2) is 6.61 Å². The van der Waals surface area contributed by atoms with Crippen LogP contribution in [0.25, 0.3) is 0 Å². The van der Waals surface area contributed by atoms with Crippen LogP contribution in [0.4, 0.5) is 5.95 Å². The number of carbonyl (C=O) groups excluding carboxylic acids is 1. The summed E-state index contributed by atoms with van der Waals surface area (Å²) < 4.78 is 11.3. The van der Waals surface area contributed by atoms with Gasteiger partial charge in [-0.1, -0.05) is 18.2 Å². The molecule has 0 bridgehead atoms. The fraction of sp³-hybridized carbons (Fsp3) is 0.476. The predicted molar refractivity (Wildman–Crippen MR) is 106 cm³/mol. The number of fused-ring (bicyclic) bond motifs is 1. The summed E-state index contributed by atoms with van der Waals surface area (Å²) in [6.45, 7) is 8.13. The number of aromatic nitrogens is 2. The number of para-hydroxylation sites is 1. The lowest BCUT2D eigenvalue weighted by Crippen LogP contribution is -2.50. The second kappa shape index (κ2) is 8.14. The second-order valence-electron chi connectivity index (χ2n) is 7.32. The van der Waals surface area contributed by atoms with Crippen LogP contribution < -0.4 is 9.64 Å². The molecule has 1 aromatic carbocycles. The highest BCUT2D eigenvalue weighted by Crippen LogP contribution is 2.22. The van der Waals surface area contributed by atoms with Gasteiger partial charge in [0.2, 0.25) is 5.95 Å². The topological polar surface area (TPSA) is 67.8 Å². The van der Waals surface area contributed by atoms with Crippen molar-refractivity contribution >= 4 is 11.9 Å². The average Bonchev–Trinajstić information content (AvgIpc) is 2.73. The molecule has 4 rings (SSSR count). The summed E-state index contributed by atoms with van der Waals surface area (Å²) in [5.41, 5.74) is 4.25. The van der Waals surface area contributed by atoms with Gasteiger partial charge in [0, 0.05) is 44.4 Å². The van der Waals surface area contributed by atoms with Crippen molar-refractivity contribution in [3.05, 3.63) is 46.8 Å². The molecule has 1 amide bonds. The van der Waals surface area contributed by atoms with Crippen LogP contribution in [0.5, 0.6) is 5.75 Å². The number of rotatable bonds is 4. The molecule has 0 N–H and O–H groups in total. The Morgan fingerprint density at radius 3 is 2.68 bits per heavy atom. The van der Waals surface area contributed by atoms with Crippen molar-refractivity contribution in [3.63, 3.8) is 0 Å². The number of hydrogen-bond donors (Lipinski definition) is 0. The largest absolute Gasteiger partial charge is 0.483 e. The molecule has 28 heavy (non-hydrogen) atoms. The number of carbonyl (C=O) groups is 1. The van der Waals surface area contributed by atoms with E-state index in [1.54, 1.807) is 0 Å². The van der Waals surface area contributed by atoms with Crippen molar-refractivity contribution < 1.29 is 14.3 Å². The van der Waals surface area contributed by atoms with E-state index in [1.165, 1.54) is 0 Å². The standard InChI is InChI=1S/C21H26N4O3/c1-15-4-3-5-16(2)20(15)28-14-19(26)24-7-9-25(10-8-24)21-22-12-17-13-27-11-6-18(17)23-21/h3-5,12H,6-11,13-14H2,1-2H3. The second-order valence-corrected chi connectivity index (χ2v) is 7.32. The lowest BCUT2D eigenvalue weighted by molar-refractivity contribution is -0.133. The van der Waals surface area contributed by atoms with Gasteiger partial charge < -0.3 is 19.3 Å². The fourth-order valence-electron chi connectivity index (χ4n) is 3.68. The highest BCUT2D eigenvalue weighted by Gasteiger charge is 2.24. The first-order valence-corrected chi connectivity index (χ1v) is 9.76. The molecule has 1 fully saturated rings. The third kappa shape index (κ3) is 3.94. The maximum absolute atomic E-state index is 12.6. The summed E-state index contributed by atoms with van der Waals surface area (Å²) >= 11 is 0. The summed E-state index contributed by atoms with van der Waals surface area (Å²) in [6, 6.07) is 5.99. The highest BCUT2D eigenvalue weighted by molar-refractivity contribution is 5.78. The Labute approximate surface area is 165 Å². The number of anilines is 1. The zero-order chi connectivity index (χ0) is 19.5. The van der Waals surface area contributed by atoms with Crippen molar-refractivity contribution in [2.45, 2.75) is 26.9 Å². The first kappa shape index (κ1) is 18.7. The molecule has 0 unspecified atom stereocenters. The quantitative estimate of drug-likeness (QED) is 0.805. The summed E-state index contributed by atoms with van der Waals surface area (Å²) in [7, 11) is 0. The van der Waals surface area contributed by atoms with Crippen LogP contribution >= 0.6 is 0 Å². The Morgan fingerprint density at radius 2 is 1.93 bits per heavy atom. The van der Waals surface area contributed by atoms with Crippen molar-refractivity contribution in [1.29, 1.82) is 0 Å².